The zero-order valence-corrected chi connectivity index (χ0v) is 13.5. The monoisotopic (exact) mass is 254 g/mol. The van der Waals surface area contributed by atoms with Crippen LogP contribution in [0.4, 0.5) is 0 Å². The van der Waals surface area contributed by atoms with E-state index >= 15 is 0 Å². The van der Waals surface area contributed by atoms with Gasteiger partial charge in [0.05, 0.1) is 0 Å². The van der Waals surface area contributed by atoms with Gasteiger partial charge in [-0.15, -0.1) is 0 Å². The fraction of sp³-hybridized carbons (Fsp3) is 1.00. The van der Waals surface area contributed by atoms with E-state index in [1.807, 2.05) is 0 Å². The molecule has 0 aromatic carbocycles. The highest BCUT2D eigenvalue weighted by molar-refractivity contribution is 4.55. The minimum atomic E-state index is 0.974. The fourth-order valence-electron chi connectivity index (χ4n) is 2.69. The number of unbranched alkanes of at least 4 members (excludes halogenated alkanes) is 10. The summed E-state index contributed by atoms with van der Waals surface area (Å²) in [4.78, 5) is 0. The molecule has 18 heavy (non-hydrogen) atoms. The van der Waals surface area contributed by atoms with Gasteiger partial charge in [-0.25, -0.2) is 0 Å². The van der Waals surface area contributed by atoms with Gasteiger partial charge < -0.3 is 0 Å². The Bertz CT molecular complexity index is 139. The molecule has 0 aromatic rings. The lowest BCUT2D eigenvalue weighted by Crippen LogP contribution is -1.95. The van der Waals surface area contributed by atoms with Gasteiger partial charge in [0, 0.05) is 0 Å². The van der Waals surface area contributed by atoms with Crippen molar-refractivity contribution in [2.24, 2.45) is 5.92 Å². The van der Waals surface area contributed by atoms with Gasteiger partial charge in [0.25, 0.3) is 0 Å². The lowest BCUT2D eigenvalue weighted by Gasteiger charge is -2.10. The Kier molecular flexibility index (Phi) is 15.1. The molecule has 110 valence electrons. The molecule has 0 aliphatic carbocycles. The van der Waals surface area contributed by atoms with Crippen LogP contribution in [0.3, 0.4) is 0 Å². The van der Waals surface area contributed by atoms with Crippen molar-refractivity contribution in [1.29, 1.82) is 0 Å². The molecule has 0 rings (SSSR count). The average molecular weight is 255 g/mol. The summed E-state index contributed by atoms with van der Waals surface area (Å²) in [6.07, 6.45) is 20.3. The van der Waals surface area contributed by atoms with E-state index < -0.39 is 0 Å². The van der Waals surface area contributed by atoms with Gasteiger partial charge in [-0.05, 0) is 5.92 Å². The van der Waals surface area contributed by atoms with Gasteiger partial charge in [-0.3, -0.25) is 0 Å². The van der Waals surface area contributed by atoms with Crippen LogP contribution in [-0.2, 0) is 0 Å². The largest absolute Gasteiger partial charge is 0.0654 e. The van der Waals surface area contributed by atoms with E-state index in [4.69, 9.17) is 0 Å². The topological polar surface area (TPSA) is 0 Å². The summed E-state index contributed by atoms with van der Waals surface area (Å²) in [5, 5.41) is 0. The Balaban J connectivity index is 3.08. The molecule has 1 unspecified atom stereocenters. The molecule has 0 aromatic heterocycles. The Labute approximate surface area is 117 Å². The van der Waals surface area contributed by atoms with E-state index in [2.05, 4.69) is 20.8 Å². The van der Waals surface area contributed by atoms with Gasteiger partial charge in [0.1, 0.15) is 0 Å². The van der Waals surface area contributed by atoms with E-state index in [-0.39, 0.29) is 0 Å². The van der Waals surface area contributed by atoms with Crippen molar-refractivity contribution in [3.8, 4) is 0 Å². The molecule has 1 atom stereocenters. The van der Waals surface area contributed by atoms with Gasteiger partial charge in [-0.2, -0.15) is 0 Å². The van der Waals surface area contributed by atoms with Crippen LogP contribution in [0.25, 0.3) is 0 Å². The minimum Gasteiger partial charge on any atom is -0.0654 e. The molecule has 0 heterocycles. The Morgan fingerprint density at radius 1 is 0.500 bits per heavy atom. The quantitative estimate of drug-likeness (QED) is 0.289. The molecule has 0 bridgehead atoms. The fourth-order valence-corrected chi connectivity index (χ4v) is 2.69. The molecule has 0 saturated carbocycles. The first-order chi connectivity index (χ1) is 8.81. The van der Waals surface area contributed by atoms with Crippen LogP contribution in [0.2, 0.25) is 0 Å². The molecule has 0 N–H and O–H groups in total. The minimum absolute atomic E-state index is 0.974. The molecular weight excluding hydrogens is 216 g/mol. The molecule has 0 saturated heterocycles. The number of rotatable bonds is 14. The average Bonchev–Trinajstić information content (AvgIpc) is 2.38. The van der Waals surface area contributed by atoms with Crippen molar-refractivity contribution in [2.45, 2.75) is 111 Å². The maximum atomic E-state index is 2.45. The second kappa shape index (κ2) is 15.1. The molecule has 0 amide bonds. The summed E-state index contributed by atoms with van der Waals surface area (Å²) in [6.45, 7) is 7.04. The Hall–Kier alpha value is 0. The third-order valence-corrected chi connectivity index (χ3v) is 4.10. The highest BCUT2D eigenvalue weighted by atomic mass is 14.1. The van der Waals surface area contributed by atoms with Crippen LogP contribution >= 0.6 is 0 Å². The summed E-state index contributed by atoms with van der Waals surface area (Å²) >= 11 is 0. The highest BCUT2D eigenvalue weighted by Gasteiger charge is 2.01. The Morgan fingerprint density at radius 2 is 0.833 bits per heavy atom. The SMILES string of the molecule is CCCCCCCCCCC(C)CCCCCC. The molecule has 0 radical (unpaired) electrons. The second-order valence-corrected chi connectivity index (χ2v) is 6.22. The van der Waals surface area contributed by atoms with E-state index in [9.17, 15) is 0 Å². The summed E-state index contributed by atoms with van der Waals surface area (Å²) in [6, 6.07) is 0. The number of hydrogen-bond donors (Lipinski definition) is 0. The molecule has 0 spiro atoms. The lowest BCUT2D eigenvalue weighted by atomic mass is 9.96. The van der Waals surface area contributed by atoms with E-state index in [1.165, 1.54) is 89.9 Å². The van der Waals surface area contributed by atoms with Gasteiger partial charge >= 0.3 is 0 Å². The van der Waals surface area contributed by atoms with Crippen molar-refractivity contribution in [2.75, 3.05) is 0 Å². The first-order valence-corrected chi connectivity index (χ1v) is 8.81. The van der Waals surface area contributed by atoms with Crippen molar-refractivity contribution in [1.82, 2.24) is 0 Å². The van der Waals surface area contributed by atoms with Crippen molar-refractivity contribution in [3.63, 3.8) is 0 Å². The Morgan fingerprint density at radius 3 is 1.28 bits per heavy atom. The summed E-state index contributed by atoms with van der Waals surface area (Å²) in [7, 11) is 0. The van der Waals surface area contributed by atoms with Crippen molar-refractivity contribution in [3.05, 3.63) is 0 Å². The summed E-state index contributed by atoms with van der Waals surface area (Å²) in [5.74, 6) is 0.974. The normalized spacial score (nSPS) is 12.8. The zero-order chi connectivity index (χ0) is 13.5. The van der Waals surface area contributed by atoms with Gasteiger partial charge in [-0.1, -0.05) is 111 Å². The standard InChI is InChI=1S/C18H38/c1-4-6-8-10-11-12-13-15-17-18(3)16-14-9-7-5-2/h18H,4-17H2,1-3H3. The second-order valence-electron chi connectivity index (χ2n) is 6.22. The predicted octanol–water partition coefficient (Wildman–Crippen LogP) is 7.12. The van der Waals surface area contributed by atoms with Gasteiger partial charge in [0.15, 0.2) is 0 Å². The first kappa shape index (κ1) is 18.0. The molecule has 0 aliphatic heterocycles. The lowest BCUT2D eigenvalue weighted by molar-refractivity contribution is 0.433. The van der Waals surface area contributed by atoms with Crippen LogP contribution in [-0.4, -0.2) is 0 Å². The zero-order valence-electron chi connectivity index (χ0n) is 13.5. The maximum Gasteiger partial charge on any atom is -0.0443 e. The van der Waals surface area contributed by atoms with Crippen LogP contribution in [0.15, 0.2) is 0 Å². The maximum absolute atomic E-state index is 2.45. The van der Waals surface area contributed by atoms with Gasteiger partial charge in [0.2, 0.25) is 0 Å². The van der Waals surface area contributed by atoms with Crippen molar-refractivity contribution >= 4 is 0 Å². The molecular formula is C18H38. The predicted molar refractivity (Wildman–Crippen MR) is 85.2 cm³/mol. The molecule has 0 heteroatoms. The van der Waals surface area contributed by atoms with E-state index in [1.54, 1.807) is 0 Å². The molecule has 0 fully saturated rings. The van der Waals surface area contributed by atoms with Crippen LogP contribution < -0.4 is 0 Å². The van der Waals surface area contributed by atoms with Crippen LogP contribution in [0.1, 0.15) is 111 Å². The first-order valence-electron chi connectivity index (χ1n) is 8.81. The van der Waals surface area contributed by atoms with E-state index in [0.717, 1.165) is 5.92 Å². The van der Waals surface area contributed by atoms with E-state index in [0.29, 0.717) is 0 Å². The summed E-state index contributed by atoms with van der Waals surface area (Å²) in [5.41, 5.74) is 0. The van der Waals surface area contributed by atoms with Crippen molar-refractivity contribution < 1.29 is 0 Å². The third-order valence-electron chi connectivity index (χ3n) is 4.10. The van der Waals surface area contributed by atoms with Crippen LogP contribution in [0, 0.1) is 5.92 Å². The molecule has 0 nitrogen and oxygen atoms in total. The number of hydrogen-bond acceptors (Lipinski definition) is 0. The van der Waals surface area contributed by atoms with Crippen LogP contribution in [0.5, 0.6) is 0 Å². The third kappa shape index (κ3) is 14.1. The smallest absolute Gasteiger partial charge is 0.0443 e. The highest BCUT2D eigenvalue weighted by Crippen LogP contribution is 2.18. The summed E-state index contributed by atoms with van der Waals surface area (Å²) < 4.78 is 0. The molecule has 0 aliphatic rings.